The molecule has 1 saturated heterocycles. The van der Waals surface area contributed by atoms with Crippen LogP contribution in [0.2, 0.25) is 0 Å². The molecule has 0 amide bonds. The minimum Gasteiger partial charge on any atom is -0.476 e. The molecule has 1 aromatic rings. The molecule has 106 valence electrons. The summed E-state index contributed by atoms with van der Waals surface area (Å²) >= 11 is 0. The van der Waals surface area contributed by atoms with Gasteiger partial charge in [-0.25, -0.2) is 0 Å². The van der Waals surface area contributed by atoms with Crippen LogP contribution < -0.4 is 15.8 Å². The van der Waals surface area contributed by atoms with Gasteiger partial charge >= 0.3 is 0 Å². The van der Waals surface area contributed by atoms with Crippen LogP contribution in [-0.4, -0.2) is 30.8 Å². The molecule has 0 bridgehead atoms. The van der Waals surface area contributed by atoms with Crippen LogP contribution in [0.5, 0.6) is 5.88 Å². The highest BCUT2D eigenvalue weighted by molar-refractivity contribution is 5.53. The molecule has 0 spiro atoms. The van der Waals surface area contributed by atoms with E-state index >= 15 is 0 Å². The number of nitrogens with one attached hydrogen (secondary N) is 1. The highest BCUT2D eigenvalue weighted by Crippen LogP contribution is 2.23. The average molecular weight is 265 g/mol. The molecule has 1 aliphatic heterocycles. The summed E-state index contributed by atoms with van der Waals surface area (Å²) in [5.74, 6) is 1.79. The smallest absolute Gasteiger partial charge is 0.239 e. The van der Waals surface area contributed by atoms with Gasteiger partial charge in [0, 0.05) is 19.3 Å². The van der Waals surface area contributed by atoms with Crippen molar-refractivity contribution < 1.29 is 9.47 Å². The summed E-state index contributed by atoms with van der Waals surface area (Å²) in [7, 11) is 0. The molecule has 19 heavy (non-hydrogen) atoms. The van der Waals surface area contributed by atoms with Crippen molar-refractivity contribution in [2.45, 2.75) is 32.7 Å². The van der Waals surface area contributed by atoms with Gasteiger partial charge in [-0.1, -0.05) is 13.8 Å². The third-order valence-corrected chi connectivity index (χ3v) is 3.02. The maximum Gasteiger partial charge on any atom is 0.239 e. The van der Waals surface area contributed by atoms with Crippen molar-refractivity contribution in [1.29, 1.82) is 0 Å². The van der Waals surface area contributed by atoms with Crippen molar-refractivity contribution in [1.82, 2.24) is 4.98 Å². The van der Waals surface area contributed by atoms with Crippen LogP contribution in [0, 0.1) is 5.92 Å². The Kier molecular flexibility index (Phi) is 4.85. The van der Waals surface area contributed by atoms with E-state index in [0.29, 0.717) is 30.1 Å². The molecule has 0 atom stereocenters. The van der Waals surface area contributed by atoms with E-state index in [1.54, 1.807) is 0 Å². The molecule has 0 unspecified atom stereocenters. The van der Waals surface area contributed by atoms with E-state index in [9.17, 15) is 0 Å². The van der Waals surface area contributed by atoms with Crippen LogP contribution in [0.3, 0.4) is 0 Å². The van der Waals surface area contributed by atoms with Crippen LogP contribution in [0.4, 0.5) is 11.5 Å². The maximum atomic E-state index is 5.87. The number of aromatic nitrogens is 1. The van der Waals surface area contributed by atoms with Gasteiger partial charge in [0.1, 0.15) is 5.82 Å². The maximum absolute atomic E-state index is 5.87. The zero-order valence-corrected chi connectivity index (χ0v) is 11.7. The fourth-order valence-corrected chi connectivity index (χ4v) is 1.94. The summed E-state index contributed by atoms with van der Waals surface area (Å²) in [4.78, 5) is 4.44. The Morgan fingerprint density at radius 3 is 2.84 bits per heavy atom. The lowest BCUT2D eigenvalue weighted by molar-refractivity contribution is 0.0904. The second-order valence-electron chi connectivity index (χ2n) is 5.33. The Bertz CT molecular complexity index is 404. The van der Waals surface area contributed by atoms with Gasteiger partial charge in [-0.3, -0.25) is 0 Å². The normalized spacial score (nSPS) is 16.6. The van der Waals surface area contributed by atoms with E-state index in [1.807, 2.05) is 12.1 Å². The molecule has 3 N–H and O–H groups in total. The first-order chi connectivity index (χ1) is 9.15. The van der Waals surface area contributed by atoms with Gasteiger partial charge in [0.25, 0.3) is 0 Å². The fraction of sp³-hybridized carbons (Fsp3) is 0.643. The van der Waals surface area contributed by atoms with E-state index < -0.39 is 0 Å². The van der Waals surface area contributed by atoms with Crippen LogP contribution in [0.25, 0.3) is 0 Å². The van der Waals surface area contributed by atoms with Crippen LogP contribution in [0.1, 0.15) is 26.7 Å². The molecule has 0 aliphatic carbocycles. The van der Waals surface area contributed by atoms with Crippen LogP contribution in [0.15, 0.2) is 12.1 Å². The standard InChI is InChI=1S/C14H23N3O2/c1-10(2)9-19-14-12(15)3-4-13(17-14)16-11-5-7-18-8-6-11/h3-4,10-11H,5-9,15H2,1-2H3,(H,16,17). The van der Waals surface area contributed by atoms with Crippen molar-refractivity contribution in [3.63, 3.8) is 0 Å². The van der Waals surface area contributed by atoms with Crippen LogP contribution in [-0.2, 0) is 4.74 Å². The summed E-state index contributed by atoms with van der Waals surface area (Å²) in [5.41, 5.74) is 6.46. The number of rotatable bonds is 5. The zero-order valence-electron chi connectivity index (χ0n) is 11.7. The van der Waals surface area contributed by atoms with Gasteiger partial charge in [0.15, 0.2) is 0 Å². The quantitative estimate of drug-likeness (QED) is 0.855. The first-order valence-electron chi connectivity index (χ1n) is 6.88. The lowest BCUT2D eigenvalue weighted by Gasteiger charge is -2.24. The zero-order chi connectivity index (χ0) is 13.7. The van der Waals surface area contributed by atoms with E-state index in [2.05, 4.69) is 24.1 Å². The summed E-state index contributed by atoms with van der Waals surface area (Å²) < 4.78 is 11.0. The summed E-state index contributed by atoms with van der Waals surface area (Å²) in [6.07, 6.45) is 2.02. The number of nitrogens with zero attached hydrogens (tertiary/aromatic N) is 1. The van der Waals surface area contributed by atoms with Crippen molar-refractivity contribution in [2.24, 2.45) is 5.92 Å². The Hall–Kier alpha value is -1.49. The number of nitrogen functional groups attached to an aromatic ring is 1. The molecule has 0 saturated carbocycles. The van der Waals surface area contributed by atoms with Crippen molar-refractivity contribution in [3.8, 4) is 5.88 Å². The lowest BCUT2D eigenvalue weighted by atomic mass is 10.1. The second-order valence-corrected chi connectivity index (χ2v) is 5.33. The first kappa shape index (κ1) is 13.9. The van der Waals surface area contributed by atoms with Gasteiger partial charge < -0.3 is 20.5 Å². The van der Waals surface area contributed by atoms with Crippen molar-refractivity contribution >= 4 is 11.5 Å². The Balaban J connectivity index is 1.98. The Morgan fingerprint density at radius 2 is 2.16 bits per heavy atom. The molecule has 5 nitrogen and oxygen atoms in total. The SMILES string of the molecule is CC(C)COc1nc(NC2CCOCC2)ccc1N. The third-order valence-electron chi connectivity index (χ3n) is 3.02. The minimum atomic E-state index is 0.419. The number of hydrogen-bond donors (Lipinski definition) is 2. The van der Waals surface area contributed by atoms with Gasteiger partial charge in [-0.05, 0) is 30.9 Å². The summed E-state index contributed by atoms with van der Waals surface area (Å²) in [6.45, 7) is 6.44. The van der Waals surface area contributed by atoms with E-state index in [0.717, 1.165) is 31.9 Å². The van der Waals surface area contributed by atoms with Gasteiger partial charge in [0.2, 0.25) is 5.88 Å². The molecule has 1 aliphatic rings. The second kappa shape index (κ2) is 6.61. The van der Waals surface area contributed by atoms with Gasteiger partial charge in [-0.15, -0.1) is 0 Å². The van der Waals surface area contributed by atoms with E-state index in [1.165, 1.54) is 0 Å². The predicted molar refractivity (Wildman–Crippen MR) is 76.4 cm³/mol. The first-order valence-corrected chi connectivity index (χ1v) is 6.88. The molecule has 2 rings (SSSR count). The Labute approximate surface area is 114 Å². The number of hydrogen-bond acceptors (Lipinski definition) is 5. The largest absolute Gasteiger partial charge is 0.476 e. The van der Waals surface area contributed by atoms with E-state index in [4.69, 9.17) is 15.2 Å². The van der Waals surface area contributed by atoms with Gasteiger partial charge in [0.05, 0.1) is 12.3 Å². The third kappa shape index (κ3) is 4.28. The predicted octanol–water partition coefficient (Wildman–Crippen LogP) is 2.29. The molecule has 1 fully saturated rings. The number of anilines is 2. The summed E-state index contributed by atoms with van der Waals surface area (Å²) in [5, 5.41) is 3.41. The van der Waals surface area contributed by atoms with Gasteiger partial charge in [-0.2, -0.15) is 4.98 Å². The topological polar surface area (TPSA) is 69.4 Å². The highest BCUT2D eigenvalue weighted by atomic mass is 16.5. The number of nitrogens with two attached hydrogens (primary N) is 1. The fourth-order valence-electron chi connectivity index (χ4n) is 1.94. The molecule has 5 heteroatoms. The van der Waals surface area contributed by atoms with Crippen LogP contribution >= 0.6 is 0 Å². The minimum absolute atomic E-state index is 0.419. The average Bonchev–Trinajstić information content (AvgIpc) is 2.40. The molecular weight excluding hydrogens is 242 g/mol. The lowest BCUT2D eigenvalue weighted by Crippen LogP contribution is -2.28. The van der Waals surface area contributed by atoms with Crippen molar-refractivity contribution in [3.05, 3.63) is 12.1 Å². The Morgan fingerprint density at radius 1 is 1.42 bits per heavy atom. The molecule has 2 heterocycles. The molecule has 1 aromatic heterocycles. The highest BCUT2D eigenvalue weighted by Gasteiger charge is 2.14. The van der Waals surface area contributed by atoms with E-state index in [-0.39, 0.29) is 0 Å². The molecule has 0 aromatic carbocycles. The monoisotopic (exact) mass is 265 g/mol. The van der Waals surface area contributed by atoms with Crippen molar-refractivity contribution in [2.75, 3.05) is 30.9 Å². The molecular formula is C14H23N3O2. The number of pyridine rings is 1. The summed E-state index contributed by atoms with van der Waals surface area (Å²) in [6, 6.07) is 4.15. The number of ether oxygens (including phenoxy) is 2. The molecule has 0 radical (unpaired) electrons.